The summed E-state index contributed by atoms with van der Waals surface area (Å²) in [6.45, 7) is 5.51. The van der Waals surface area contributed by atoms with Gasteiger partial charge in [-0.05, 0) is 33.6 Å². The number of nitrogens with zero attached hydrogens (tertiary/aromatic N) is 1. The Bertz CT molecular complexity index is 374. The molecule has 6 heteroatoms. The number of aliphatic hydroxyl groups excluding tert-OH is 1. The second-order valence-corrected chi connectivity index (χ2v) is 6.56. The van der Waals surface area contributed by atoms with Gasteiger partial charge in [-0.3, -0.25) is 4.90 Å². The van der Waals surface area contributed by atoms with Crippen molar-refractivity contribution < 1.29 is 24.1 Å². The first-order chi connectivity index (χ1) is 9.24. The predicted molar refractivity (Wildman–Crippen MR) is 72.3 cm³/mol. The van der Waals surface area contributed by atoms with E-state index in [1.165, 1.54) is 14.2 Å². The van der Waals surface area contributed by atoms with E-state index in [1.54, 1.807) is 4.90 Å². The van der Waals surface area contributed by atoms with E-state index in [0.29, 0.717) is 6.42 Å². The summed E-state index contributed by atoms with van der Waals surface area (Å²) >= 11 is 0. The molecule has 0 aromatic carbocycles. The predicted octanol–water partition coefficient (Wildman–Crippen LogP) is 1.51. The van der Waals surface area contributed by atoms with Crippen LogP contribution in [-0.2, 0) is 14.2 Å². The van der Waals surface area contributed by atoms with Crippen LogP contribution >= 0.6 is 0 Å². The Morgan fingerprint density at radius 1 is 1.25 bits per heavy atom. The molecule has 0 aliphatic carbocycles. The lowest BCUT2D eigenvalue weighted by atomic mass is 9.93. The van der Waals surface area contributed by atoms with Gasteiger partial charge in [0, 0.05) is 26.7 Å². The van der Waals surface area contributed by atoms with Crippen LogP contribution in [-0.4, -0.2) is 59.9 Å². The normalized spacial score (nSPS) is 32.3. The fourth-order valence-corrected chi connectivity index (χ4v) is 3.26. The van der Waals surface area contributed by atoms with Gasteiger partial charge in [-0.15, -0.1) is 0 Å². The zero-order chi connectivity index (χ0) is 15.1. The first-order valence-electron chi connectivity index (χ1n) is 7.04. The van der Waals surface area contributed by atoms with E-state index in [-0.39, 0.29) is 18.2 Å². The largest absolute Gasteiger partial charge is 0.444 e. The molecule has 0 aromatic rings. The molecule has 1 N–H and O–H groups in total. The molecule has 20 heavy (non-hydrogen) atoms. The molecule has 3 atom stereocenters. The highest BCUT2D eigenvalue weighted by Gasteiger charge is 2.58. The number of carbonyl (C=O) groups excluding carboxylic acids is 1. The Labute approximate surface area is 120 Å². The van der Waals surface area contributed by atoms with Crippen LogP contribution in [0.3, 0.4) is 0 Å². The molecule has 0 spiro atoms. The Balaban J connectivity index is 2.19. The number of hydrogen-bond donors (Lipinski definition) is 1. The molecular formula is C14H25NO5. The average molecular weight is 287 g/mol. The molecule has 2 aliphatic heterocycles. The van der Waals surface area contributed by atoms with Crippen molar-refractivity contribution in [2.45, 2.75) is 69.6 Å². The standard InChI is InChI=1S/C14H25NO5/c1-13(2,3)20-12(17)15-9-6-7-10(15)11(16)14(8-9,18-4)19-5/h9-11,16H,6-8H2,1-5H3/t9-,10+,11-/m0/s1. The summed E-state index contributed by atoms with van der Waals surface area (Å²) in [4.78, 5) is 14.0. The Kier molecular flexibility index (Phi) is 4.01. The Hall–Kier alpha value is -0.850. The van der Waals surface area contributed by atoms with Gasteiger partial charge in [0.25, 0.3) is 0 Å². The molecular weight excluding hydrogens is 262 g/mol. The van der Waals surface area contributed by atoms with Gasteiger partial charge in [0.05, 0.1) is 6.04 Å². The van der Waals surface area contributed by atoms with Gasteiger partial charge < -0.3 is 19.3 Å². The van der Waals surface area contributed by atoms with E-state index < -0.39 is 17.5 Å². The number of piperidine rings is 1. The van der Waals surface area contributed by atoms with Crippen molar-refractivity contribution in [1.82, 2.24) is 4.90 Å². The van der Waals surface area contributed by atoms with Gasteiger partial charge in [0.2, 0.25) is 0 Å². The third kappa shape index (κ3) is 2.52. The SMILES string of the molecule is COC1(OC)C[C@@H]2CC[C@H]([C@@H]1O)N2C(=O)OC(C)(C)C. The summed E-state index contributed by atoms with van der Waals surface area (Å²) in [7, 11) is 3.05. The minimum absolute atomic E-state index is 0.0156. The van der Waals surface area contributed by atoms with Crippen molar-refractivity contribution in [2.24, 2.45) is 0 Å². The topological polar surface area (TPSA) is 68.2 Å². The van der Waals surface area contributed by atoms with Crippen LogP contribution in [0, 0.1) is 0 Å². The van der Waals surface area contributed by atoms with Crippen LogP contribution < -0.4 is 0 Å². The maximum Gasteiger partial charge on any atom is 0.410 e. The first-order valence-corrected chi connectivity index (χ1v) is 7.04. The third-order valence-corrected chi connectivity index (χ3v) is 4.18. The second kappa shape index (κ2) is 5.16. The van der Waals surface area contributed by atoms with Crippen molar-refractivity contribution in [3.8, 4) is 0 Å². The number of rotatable bonds is 2. The second-order valence-electron chi connectivity index (χ2n) is 6.56. The highest BCUT2D eigenvalue weighted by atomic mass is 16.7. The molecule has 2 fully saturated rings. The van der Waals surface area contributed by atoms with Gasteiger partial charge in [-0.1, -0.05) is 0 Å². The van der Waals surface area contributed by atoms with E-state index in [4.69, 9.17) is 14.2 Å². The van der Waals surface area contributed by atoms with Gasteiger partial charge in [-0.2, -0.15) is 0 Å². The lowest BCUT2D eigenvalue weighted by Gasteiger charge is -2.47. The molecule has 2 saturated heterocycles. The van der Waals surface area contributed by atoms with E-state index >= 15 is 0 Å². The lowest BCUT2D eigenvalue weighted by molar-refractivity contribution is -0.289. The van der Waals surface area contributed by atoms with Crippen LogP contribution in [0.2, 0.25) is 0 Å². The van der Waals surface area contributed by atoms with Gasteiger partial charge >= 0.3 is 6.09 Å². The fraction of sp³-hybridized carbons (Fsp3) is 0.929. The van der Waals surface area contributed by atoms with Crippen molar-refractivity contribution in [1.29, 1.82) is 0 Å². The summed E-state index contributed by atoms with van der Waals surface area (Å²) < 4.78 is 16.2. The Morgan fingerprint density at radius 2 is 1.85 bits per heavy atom. The molecule has 2 bridgehead atoms. The van der Waals surface area contributed by atoms with Gasteiger partial charge in [0.1, 0.15) is 11.7 Å². The number of hydrogen-bond acceptors (Lipinski definition) is 5. The maximum atomic E-state index is 12.3. The number of carbonyl (C=O) groups is 1. The quantitative estimate of drug-likeness (QED) is 0.780. The molecule has 2 rings (SSSR count). The van der Waals surface area contributed by atoms with Crippen molar-refractivity contribution in [3.05, 3.63) is 0 Å². The number of aliphatic hydroxyl groups is 1. The molecule has 6 nitrogen and oxygen atoms in total. The zero-order valence-electron chi connectivity index (χ0n) is 12.9. The van der Waals surface area contributed by atoms with E-state index in [1.807, 2.05) is 20.8 Å². The van der Waals surface area contributed by atoms with Gasteiger partial charge in [-0.25, -0.2) is 4.79 Å². The smallest absolute Gasteiger partial charge is 0.410 e. The van der Waals surface area contributed by atoms with Gasteiger partial charge in [0.15, 0.2) is 5.79 Å². The lowest BCUT2D eigenvalue weighted by Crippen LogP contribution is -2.64. The molecule has 0 radical (unpaired) electrons. The fourth-order valence-electron chi connectivity index (χ4n) is 3.26. The summed E-state index contributed by atoms with van der Waals surface area (Å²) in [5, 5.41) is 10.5. The summed E-state index contributed by atoms with van der Waals surface area (Å²) in [5.41, 5.74) is -0.543. The van der Waals surface area contributed by atoms with E-state index in [9.17, 15) is 9.90 Å². The highest BCUT2D eigenvalue weighted by Crippen LogP contribution is 2.43. The van der Waals surface area contributed by atoms with Crippen LogP contribution in [0.1, 0.15) is 40.0 Å². The molecule has 1 amide bonds. The van der Waals surface area contributed by atoms with Crippen LogP contribution in [0.15, 0.2) is 0 Å². The van der Waals surface area contributed by atoms with Crippen LogP contribution in [0.4, 0.5) is 4.79 Å². The first kappa shape index (κ1) is 15.5. The molecule has 0 saturated carbocycles. The monoisotopic (exact) mass is 287 g/mol. The third-order valence-electron chi connectivity index (χ3n) is 4.18. The maximum absolute atomic E-state index is 12.3. The summed E-state index contributed by atoms with van der Waals surface area (Å²) in [5.74, 6) is -1.02. The van der Waals surface area contributed by atoms with Crippen LogP contribution in [0.5, 0.6) is 0 Å². The average Bonchev–Trinajstić information content (AvgIpc) is 2.70. The zero-order valence-corrected chi connectivity index (χ0v) is 12.9. The minimum Gasteiger partial charge on any atom is -0.444 e. The summed E-state index contributed by atoms with van der Waals surface area (Å²) in [6.07, 6.45) is 0.778. The van der Waals surface area contributed by atoms with Crippen molar-refractivity contribution >= 4 is 6.09 Å². The van der Waals surface area contributed by atoms with E-state index in [2.05, 4.69) is 0 Å². The number of amides is 1. The number of ether oxygens (including phenoxy) is 3. The van der Waals surface area contributed by atoms with E-state index in [0.717, 1.165) is 12.8 Å². The molecule has 2 heterocycles. The van der Waals surface area contributed by atoms with Crippen molar-refractivity contribution in [2.75, 3.05) is 14.2 Å². The number of fused-ring (bicyclic) bond motifs is 2. The molecule has 0 unspecified atom stereocenters. The highest BCUT2D eigenvalue weighted by molar-refractivity contribution is 5.70. The summed E-state index contributed by atoms with van der Waals surface area (Å²) in [6, 6.07) is -0.332. The minimum atomic E-state index is -1.02. The molecule has 116 valence electrons. The molecule has 2 aliphatic rings. The van der Waals surface area contributed by atoms with Crippen molar-refractivity contribution in [3.63, 3.8) is 0 Å². The number of methoxy groups -OCH3 is 2. The molecule has 0 aromatic heterocycles. The Morgan fingerprint density at radius 3 is 2.35 bits per heavy atom. The van der Waals surface area contributed by atoms with Crippen LogP contribution in [0.25, 0.3) is 0 Å².